The van der Waals surface area contributed by atoms with Gasteiger partial charge >= 0.3 is 0 Å². The lowest BCUT2D eigenvalue weighted by Gasteiger charge is -2.23. The normalized spacial score (nSPS) is 10.2. The van der Waals surface area contributed by atoms with Crippen LogP contribution in [0.4, 0.5) is 11.5 Å². The molecule has 2 heterocycles. The van der Waals surface area contributed by atoms with E-state index < -0.39 is 0 Å². The average molecular weight is 473 g/mol. The van der Waals surface area contributed by atoms with Crippen LogP contribution in [-0.4, -0.2) is 40.5 Å². The van der Waals surface area contributed by atoms with Gasteiger partial charge in [0.15, 0.2) is 5.96 Å². The number of halogens is 3. The van der Waals surface area contributed by atoms with Crippen LogP contribution in [0.15, 0.2) is 72.2 Å². The lowest BCUT2D eigenvalue weighted by molar-refractivity contribution is 0.754. The number of aromatic amines is 1. The molecule has 0 saturated heterocycles. The minimum atomic E-state index is 0. The van der Waals surface area contributed by atoms with Crippen LogP contribution in [0.1, 0.15) is 12.1 Å². The van der Waals surface area contributed by atoms with Gasteiger partial charge in [0.05, 0.1) is 18.6 Å². The van der Waals surface area contributed by atoms with E-state index in [0.717, 1.165) is 36.6 Å². The number of aryl methyl sites for hydroxylation is 1. The molecule has 0 bridgehead atoms. The van der Waals surface area contributed by atoms with Crippen molar-refractivity contribution in [2.24, 2.45) is 10.7 Å². The Morgan fingerprint density at radius 2 is 1.80 bits per heavy atom. The van der Waals surface area contributed by atoms with Gasteiger partial charge in [-0.05, 0) is 37.1 Å². The van der Waals surface area contributed by atoms with Crippen LogP contribution < -0.4 is 16.0 Å². The molecule has 0 radical (unpaired) electrons. The van der Waals surface area contributed by atoms with E-state index in [9.17, 15) is 0 Å². The molecule has 0 atom stereocenters. The fraction of sp³-hybridized carbons (Fsp3) is 0.250. The van der Waals surface area contributed by atoms with Crippen molar-refractivity contribution in [1.29, 1.82) is 0 Å². The van der Waals surface area contributed by atoms with Crippen molar-refractivity contribution >= 4 is 54.7 Å². The number of aromatic nitrogens is 3. The second-order valence-electron chi connectivity index (χ2n) is 6.03. The molecule has 0 aliphatic heterocycles. The molecule has 7 nitrogen and oxygen atoms in total. The number of nitrogens with two attached hydrogens (primary N) is 1. The molecule has 0 fully saturated rings. The molecule has 0 aliphatic carbocycles. The number of imidazole rings is 1. The summed E-state index contributed by atoms with van der Waals surface area (Å²) < 4.78 is 0. The van der Waals surface area contributed by atoms with Crippen molar-refractivity contribution in [1.82, 2.24) is 20.3 Å². The number of nitrogens with one attached hydrogen (secondary N) is 2. The van der Waals surface area contributed by atoms with E-state index in [2.05, 4.69) is 42.3 Å². The van der Waals surface area contributed by atoms with Crippen LogP contribution in [0, 0.1) is 0 Å². The molecule has 0 unspecified atom stereocenters. The largest absolute Gasteiger partial charge is 0.370 e. The number of benzene rings is 1. The number of H-pyrrole nitrogens is 1. The number of aliphatic imine (C=N–C) groups is 1. The van der Waals surface area contributed by atoms with Crippen molar-refractivity contribution in [2.45, 2.75) is 12.8 Å². The highest BCUT2D eigenvalue weighted by Gasteiger charge is 2.09. The maximum absolute atomic E-state index is 5.98. The molecule has 4 N–H and O–H groups in total. The van der Waals surface area contributed by atoms with E-state index in [-0.39, 0.29) is 37.2 Å². The maximum atomic E-state index is 5.98. The Morgan fingerprint density at radius 1 is 1.03 bits per heavy atom. The minimum Gasteiger partial charge on any atom is -0.370 e. The number of guanidine groups is 1. The smallest absolute Gasteiger partial charge is 0.188 e. The topological polar surface area (TPSA) is 95.2 Å². The number of rotatable bonds is 9. The molecule has 0 spiro atoms. The quantitative estimate of drug-likeness (QED) is 0.250. The summed E-state index contributed by atoms with van der Waals surface area (Å²) in [5.74, 6) is 1.36. The van der Waals surface area contributed by atoms with E-state index in [1.54, 1.807) is 12.5 Å². The Balaban J connectivity index is 0.00000280. The van der Waals surface area contributed by atoms with E-state index >= 15 is 0 Å². The Bertz CT molecular complexity index is 775. The zero-order valence-corrected chi connectivity index (χ0v) is 18.9. The minimum absolute atomic E-state index is 0. The summed E-state index contributed by atoms with van der Waals surface area (Å²) in [6, 6.07) is 16.1. The van der Waals surface area contributed by atoms with Gasteiger partial charge in [0, 0.05) is 31.2 Å². The third-order valence-corrected chi connectivity index (χ3v) is 4.07. The van der Waals surface area contributed by atoms with E-state index in [1.807, 2.05) is 42.6 Å². The third kappa shape index (κ3) is 8.90. The molecule has 1 aromatic carbocycles. The van der Waals surface area contributed by atoms with Crippen molar-refractivity contribution in [3.63, 3.8) is 0 Å². The molecule has 2 aromatic heterocycles. The summed E-state index contributed by atoms with van der Waals surface area (Å²) in [7, 11) is 0. The summed E-state index contributed by atoms with van der Waals surface area (Å²) in [6.45, 7) is 2.03. The first-order chi connectivity index (χ1) is 13.3. The summed E-state index contributed by atoms with van der Waals surface area (Å²) in [5, 5.41) is 3.15. The number of anilines is 2. The summed E-state index contributed by atoms with van der Waals surface area (Å²) >= 11 is 0. The van der Waals surface area contributed by atoms with Gasteiger partial charge in [-0.25, -0.2) is 9.97 Å². The first-order valence-corrected chi connectivity index (χ1v) is 9.08. The van der Waals surface area contributed by atoms with Crippen molar-refractivity contribution < 1.29 is 0 Å². The predicted octanol–water partition coefficient (Wildman–Crippen LogP) is 3.75. The summed E-state index contributed by atoms with van der Waals surface area (Å²) in [5.41, 5.74) is 8.12. The number of hydrogen-bond donors (Lipinski definition) is 3. The fourth-order valence-electron chi connectivity index (χ4n) is 2.74. The number of nitrogens with zero attached hydrogens (tertiary/aromatic N) is 4. The number of pyridine rings is 1. The Kier molecular flexibility index (Phi) is 14.1. The average Bonchev–Trinajstić information content (AvgIpc) is 3.23. The van der Waals surface area contributed by atoms with Crippen LogP contribution in [-0.2, 0) is 6.42 Å². The van der Waals surface area contributed by atoms with Gasteiger partial charge in [-0.1, -0.05) is 24.3 Å². The highest BCUT2D eigenvalue weighted by Crippen LogP contribution is 2.22. The van der Waals surface area contributed by atoms with Gasteiger partial charge in [0.25, 0.3) is 0 Å². The Labute approximate surface area is 195 Å². The second-order valence-corrected chi connectivity index (χ2v) is 6.03. The highest BCUT2D eigenvalue weighted by molar-refractivity contribution is 5.86. The monoisotopic (exact) mass is 471 g/mol. The SMILES string of the molecule is Cl.Cl.Cl.NC(=NCCN(c1ccccc1)c1ccccn1)NCCCc1c[nH]cn1. The zero-order valence-electron chi connectivity index (χ0n) is 16.5. The van der Waals surface area contributed by atoms with E-state index in [4.69, 9.17) is 5.73 Å². The molecule has 3 rings (SSSR count). The third-order valence-electron chi connectivity index (χ3n) is 4.07. The number of para-hydroxylation sites is 1. The van der Waals surface area contributed by atoms with Gasteiger partial charge in [0.2, 0.25) is 0 Å². The highest BCUT2D eigenvalue weighted by atomic mass is 35.5. The Hall–Kier alpha value is -2.48. The number of hydrogen-bond acceptors (Lipinski definition) is 4. The molecule has 30 heavy (non-hydrogen) atoms. The van der Waals surface area contributed by atoms with Gasteiger partial charge in [0.1, 0.15) is 5.82 Å². The fourth-order valence-corrected chi connectivity index (χ4v) is 2.74. The molecular weight excluding hydrogens is 445 g/mol. The molecule has 0 saturated carbocycles. The van der Waals surface area contributed by atoms with Crippen LogP contribution in [0.2, 0.25) is 0 Å². The van der Waals surface area contributed by atoms with Crippen molar-refractivity contribution in [2.75, 3.05) is 24.5 Å². The lowest BCUT2D eigenvalue weighted by atomic mass is 10.2. The zero-order chi connectivity index (χ0) is 18.7. The van der Waals surface area contributed by atoms with E-state index in [0.29, 0.717) is 19.0 Å². The lowest BCUT2D eigenvalue weighted by Crippen LogP contribution is -2.33. The predicted molar refractivity (Wildman–Crippen MR) is 131 cm³/mol. The summed E-state index contributed by atoms with van der Waals surface area (Å²) in [4.78, 5) is 18.2. The molecule has 3 aromatic rings. The van der Waals surface area contributed by atoms with Crippen LogP contribution in [0.3, 0.4) is 0 Å². The van der Waals surface area contributed by atoms with Crippen molar-refractivity contribution in [3.8, 4) is 0 Å². The van der Waals surface area contributed by atoms with Gasteiger partial charge < -0.3 is 20.9 Å². The molecule has 164 valence electrons. The van der Waals surface area contributed by atoms with Gasteiger partial charge in [-0.2, -0.15) is 0 Å². The summed E-state index contributed by atoms with van der Waals surface area (Å²) in [6.07, 6.45) is 7.26. The first-order valence-electron chi connectivity index (χ1n) is 9.08. The molecule has 10 heteroatoms. The second kappa shape index (κ2) is 15.4. The Morgan fingerprint density at radius 3 is 2.47 bits per heavy atom. The molecule has 0 amide bonds. The van der Waals surface area contributed by atoms with Crippen LogP contribution in [0.5, 0.6) is 0 Å². The standard InChI is InChI=1S/C20H25N7.3ClH/c21-20(24-12-6-7-17-15-22-16-26-17)25-13-14-27(18-8-2-1-3-9-18)19-10-4-5-11-23-19;;;/h1-5,8-11,15-16H,6-7,12-14H2,(H,22,26)(H3,21,24,25);3*1H. The van der Waals surface area contributed by atoms with Crippen LogP contribution >= 0.6 is 37.2 Å². The molecule has 0 aliphatic rings. The molecular formula is C20H28Cl3N7. The first kappa shape index (κ1) is 27.5. The maximum Gasteiger partial charge on any atom is 0.188 e. The van der Waals surface area contributed by atoms with E-state index in [1.165, 1.54) is 0 Å². The van der Waals surface area contributed by atoms with Gasteiger partial charge in [-0.15, -0.1) is 37.2 Å². The van der Waals surface area contributed by atoms with Crippen molar-refractivity contribution in [3.05, 3.63) is 72.9 Å². The van der Waals surface area contributed by atoms with Crippen LogP contribution in [0.25, 0.3) is 0 Å². The van der Waals surface area contributed by atoms with Gasteiger partial charge in [-0.3, -0.25) is 4.99 Å².